The summed E-state index contributed by atoms with van der Waals surface area (Å²) >= 11 is 0. The largest absolute Gasteiger partial charge is 0.439 e. The average molecular weight is 397 g/mol. The number of carbonyl (C=O) groups excluding carboxylic acids is 1. The molecule has 0 radical (unpaired) electrons. The van der Waals surface area contributed by atoms with E-state index in [1.807, 2.05) is 0 Å². The van der Waals surface area contributed by atoms with E-state index in [1.165, 1.54) is 24.3 Å². The maximum Gasteiger partial charge on any atom is 0.237 e. The van der Waals surface area contributed by atoms with Gasteiger partial charge in [-0.15, -0.1) is 0 Å². The van der Waals surface area contributed by atoms with Crippen LogP contribution in [-0.4, -0.2) is 40.2 Å². The third kappa shape index (κ3) is 4.94. The predicted octanol–water partition coefficient (Wildman–Crippen LogP) is 2.47. The van der Waals surface area contributed by atoms with E-state index in [4.69, 9.17) is 9.26 Å². The lowest BCUT2D eigenvalue weighted by Crippen LogP contribution is -2.41. The molecule has 1 atom stereocenters. The van der Waals surface area contributed by atoms with E-state index in [1.54, 1.807) is 18.3 Å². The topological polar surface area (TPSA) is 102 Å². The molecule has 1 aliphatic heterocycles. The van der Waals surface area contributed by atoms with Crippen LogP contribution in [0.5, 0.6) is 11.6 Å². The van der Waals surface area contributed by atoms with Crippen molar-refractivity contribution in [1.82, 2.24) is 25.8 Å². The van der Waals surface area contributed by atoms with Gasteiger partial charge in [-0.3, -0.25) is 4.79 Å². The second-order valence-corrected chi connectivity index (χ2v) is 6.64. The lowest BCUT2D eigenvalue weighted by molar-refractivity contribution is -0.122. The number of halogens is 1. The highest BCUT2D eigenvalue weighted by molar-refractivity contribution is 5.81. The summed E-state index contributed by atoms with van der Waals surface area (Å²) in [5.41, 5.74) is 0.672. The van der Waals surface area contributed by atoms with Gasteiger partial charge in [0.1, 0.15) is 11.6 Å². The Hall–Kier alpha value is -3.33. The number of amides is 1. The SMILES string of the molecule is O=C(NCCc1nc(-c2ccc(Oc3ccc(F)cc3)nc2)no1)C1CCCN1. The Balaban J connectivity index is 1.30. The summed E-state index contributed by atoms with van der Waals surface area (Å²) in [6, 6.07) is 9.01. The van der Waals surface area contributed by atoms with E-state index < -0.39 is 0 Å². The van der Waals surface area contributed by atoms with Crippen LogP contribution >= 0.6 is 0 Å². The number of hydrogen-bond donors (Lipinski definition) is 2. The molecule has 1 aliphatic rings. The molecule has 1 amide bonds. The normalized spacial score (nSPS) is 16.0. The molecule has 8 nitrogen and oxygen atoms in total. The minimum absolute atomic E-state index is 0.00295. The fourth-order valence-electron chi connectivity index (χ4n) is 2.99. The minimum Gasteiger partial charge on any atom is -0.439 e. The van der Waals surface area contributed by atoms with Crippen LogP contribution in [0.25, 0.3) is 11.4 Å². The van der Waals surface area contributed by atoms with Gasteiger partial charge in [0.2, 0.25) is 23.5 Å². The molecule has 4 rings (SSSR count). The molecule has 1 unspecified atom stereocenters. The van der Waals surface area contributed by atoms with E-state index in [2.05, 4.69) is 25.8 Å². The van der Waals surface area contributed by atoms with Gasteiger partial charge in [0.15, 0.2) is 0 Å². The quantitative estimate of drug-likeness (QED) is 0.631. The van der Waals surface area contributed by atoms with Crippen molar-refractivity contribution in [2.24, 2.45) is 0 Å². The average Bonchev–Trinajstić information content (AvgIpc) is 3.43. The molecule has 0 spiro atoms. The monoisotopic (exact) mass is 397 g/mol. The Morgan fingerprint density at radius 3 is 2.86 bits per heavy atom. The highest BCUT2D eigenvalue weighted by Gasteiger charge is 2.21. The van der Waals surface area contributed by atoms with Crippen molar-refractivity contribution < 1.29 is 18.4 Å². The van der Waals surface area contributed by atoms with E-state index in [0.29, 0.717) is 41.9 Å². The molecule has 3 heterocycles. The molecule has 2 aromatic heterocycles. The summed E-state index contributed by atoms with van der Waals surface area (Å²) in [5, 5.41) is 9.98. The first-order valence-electron chi connectivity index (χ1n) is 9.41. The number of nitrogens with one attached hydrogen (secondary N) is 2. The van der Waals surface area contributed by atoms with E-state index >= 15 is 0 Å². The Morgan fingerprint density at radius 2 is 2.14 bits per heavy atom. The number of ether oxygens (including phenoxy) is 1. The van der Waals surface area contributed by atoms with Crippen LogP contribution in [0.15, 0.2) is 47.1 Å². The highest BCUT2D eigenvalue weighted by Crippen LogP contribution is 2.22. The number of rotatable bonds is 7. The zero-order valence-electron chi connectivity index (χ0n) is 15.6. The Kier molecular flexibility index (Phi) is 5.76. The summed E-state index contributed by atoms with van der Waals surface area (Å²) in [4.78, 5) is 20.5. The van der Waals surface area contributed by atoms with Crippen molar-refractivity contribution in [1.29, 1.82) is 0 Å². The summed E-state index contributed by atoms with van der Waals surface area (Å²) < 4.78 is 23.7. The van der Waals surface area contributed by atoms with Gasteiger partial charge < -0.3 is 19.9 Å². The fourth-order valence-corrected chi connectivity index (χ4v) is 2.99. The highest BCUT2D eigenvalue weighted by atomic mass is 19.1. The number of carbonyl (C=O) groups is 1. The summed E-state index contributed by atoms with van der Waals surface area (Å²) in [6.45, 7) is 1.31. The van der Waals surface area contributed by atoms with Gasteiger partial charge in [-0.2, -0.15) is 4.98 Å². The van der Waals surface area contributed by atoms with E-state index in [0.717, 1.165) is 19.4 Å². The number of hydrogen-bond acceptors (Lipinski definition) is 7. The van der Waals surface area contributed by atoms with Crippen molar-refractivity contribution in [3.63, 3.8) is 0 Å². The second-order valence-electron chi connectivity index (χ2n) is 6.64. The molecule has 0 bridgehead atoms. The lowest BCUT2D eigenvalue weighted by atomic mass is 10.2. The smallest absolute Gasteiger partial charge is 0.237 e. The molecule has 1 saturated heterocycles. The minimum atomic E-state index is -0.330. The Labute approximate surface area is 166 Å². The van der Waals surface area contributed by atoms with Gasteiger partial charge >= 0.3 is 0 Å². The fraction of sp³-hybridized carbons (Fsp3) is 0.300. The Bertz CT molecular complexity index is 953. The molecule has 29 heavy (non-hydrogen) atoms. The van der Waals surface area contributed by atoms with Crippen molar-refractivity contribution in [2.45, 2.75) is 25.3 Å². The molecule has 2 N–H and O–H groups in total. The van der Waals surface area contributed by atoms with Crippen molar-refractivity contribution in [2.75, 3.05) is 13.1 Å². The maximum atomic E-state index is 12.9. The number of benzene rings is 1. The summed E-state index contributed by atoms with van der Waals surface area (Å²) in [5.74, 6) is 1.37. The summed E-state index contributed by atoms with van der Waals surface area (Å²) in [7, 11) is 0. The van der Waals surface area contributed by atoms with E-state index in [-0.39, 0.29) is 17.8 Å². The first kappa shape index (κ1) is 19.0. The molecule has 0 saturated carbocycles. The van der Waals surface area contributed by atoms with Crippen LogP contribution in [0, 0.1) is 5.82 Å². The van der Waals surface area contributed by atoms with Crippen LogP contribution in [0.1, 0.15) is 18.7 Å². The third-order valence-electron chi connectivity index (χ3n) is 4.51. The number of nitrogens with zero attached hydrogens (tertiary/aromatic N) is 3. The standard InChI is InChI=1S/C20H20FN5O3/c21-14-4-6-15(7-5-14)28-17-8-3-13(12-24-17)19-25-18(29-26-19)9-11-23-20(27)16-2-1-10-22-16/h3-8,12,16,22H,1-2,9-11H2,(H,23,27). The van der Waals surface area contributed by atoms with Crippen LogP contribution in [-0.2, 0) is 11.2 Å². The van der Waals surface area contributed by atoms with Gasteiger partial charge in [-0.25, -0.2) is 9.37 Å². The molecule has 1 aromatic carbocycles. The maximum absolute atomic E-state index is 12.9. The molecular weight excluding hydrogens is 377 g/mol. The predicted molar refractivity (Wildman–Crippen MR) is 102 cm³/mol. The summed E-state index contributed by atoms with van der Waals surface area (Å²) in [6.07, 6.45) is 3.91. The van der Waals surface area contributed by atoms with Gasteiger partial charge in [0, 0.05) is 30.8 Å². The number of aromatic nitrogens is 3. The van der Waals surface area contributed by atoms with Gasteiger partial charge in [-0.05, 0) is 49.7 Å². The molecule has 150 valence electrons. The first-order valence-corrected chi connectivity index (χ1v) is 9.41. The van der Waals surface area contributed by atoms with Crippen LogP contribution < -0.4 is 15.4 Å². The number of pyridine rings is 1. The molecule has 9 heteroatoms. The first-order chi connectivity index (χ1) is 14.2. The van der Waals surface area contributed by atoms with Crippen molar-refractivity contribution >= 4 is 5.91 Å². The van der Waals surface area contributed by atoms with E-state index in [9.17, 15) is 9.18 Å². The van der Waals surface area contributed by atoms with Crippen molar-refractivity contribution in [3.8, 4) is 23.0 Å². The van der Waals surface area contributed by atoms with Gasteiger partial charge in [0.05, 0.1) is 6.04 Å². The zero-order valence-corrected chi connectivity index (χ0v) is 15.6. The molecule has 1 fully saturated rings. The van der Waals surface area contributed by atoms with Crippen LogP contribution in [0.3, 0.4) is 0 Å². The van der Waals surface area contributed by atoms with Crippen molar-refractivity contribution in [3.05, 3.63) is 54.3 Å². The molecule has 0 aliphatic carbocycles. The van der Waals surface area contributed by atoms with Gasteiger partial charge in [0.25, 0.3) is 0 Å². The Morgan fingerprint density at radius 1 is 1.28 bits per heavy atom. The van der Waals surface area contributed by atoms with Gasteiger partial charge in [-0.1, -0.05) is 5.16 Å². The lowest BCUT2D eigenvalue weighted by Gasteiger charge is -2.09. The molecular formula is C20H20FN5O3. The third-order valence-corrected chi connectivity index (χ3v) is 4.51. The zero-order chi connectivity index (χ0) is 20.1. The second kappa shape index (κ2) is 8.78. The molecule has 3 aromatic rings. The van der Waals surface area contributed by atoms with Crippen LogP contribution in [0.2, 0.25) is 0 Å². The van der Waals surface area contributed by atoms with Crippen LogP contribution in [0.4, 0.5) is 4.39 Å².